The van der Waals surface area contributed by atoms with Crippen molar-refractivity contribution in [1.82, 2.24) is 0 Å². The van der Waals surface area contributed by atoms with E-state index in [4.69, 9.17) is 16.3 Å². The highest BCUT2D eigenvalue weighted by molar-refractivity contribution is 6.30. The maximum atomic E-state index is 5.81. The number of hydrogen-bond donors (Lipinski definition) is 0. The van der Waals surface area contributed by atoms with Gasteiger partial charge in [0.05, 0.1) is 7.11 Å². The summed E-state index contributed by atoms with van der Waals surface area (Å²) in [5.74, 6) is 0.720. The van der Waals surface area contributed by atoms with Gasteiger partial charge in [-0.3, -0.25) is 0 Å². The van der Waals surface area contributed by atoms with E-state index in [1.807, 2.05) is 6.07 Å². The molecule has 0 N–H and O–H groups in total. The molecule has 1 nitrogen and oxygen atoms in total. The SMILES string of the molecule is C=CC(=C)c1ccc(Cl)cc1OC. The lowest BCUT2D eigenvalue weighted by atomic mass is 10.1. The largest absolute Gasteiger partial charge is 0.496 e. The van der Waals surface area contributed by atoms with E-state index in [2.05, 4.69) is 13.2 Å². The quantitative estimate of drug-likeness (QED) is 0.669. The van der Waals surface area contributed by atoms with Gasteiger partial charge in [-0.15, -0.1) is 0 Å². The van der Waals surface area contributed by atoms with Crippen molar-refractivity contribution in [2.24, 2.45) is 0 Å². The fourth-order valence-electron chi connectivity index (χ4n) is 1.04. The Labute approximate surface area is 83.3 Å². The van der Waals surface area contributed by atoms with Gasteiger partial charge in [0.1, 0.15) is 5.75 Å². The Balaban J connectivity index is 3.20. The van der Waals surface area contributed by atoms with Gasteiger partial charge in [-0.05, 0) is 23.8 Å². The summed E-state index contributed by atoms with van der Waals surface area (Å²) in [5.41, 5.74) is 1.75. The van der Waals surface area contributed by atoms with Crippen LogP contribution in [0, 0.1) is 0 Å². The molecule has 0 aromatic heterocycles. The Morgan fingerprint density at radius 1 is 1.54 bits per heavy atom. The van der Waals surface area contributed by atoms with Gasteiger partial charge in [-0.1, -0.05) is 30.8 Å². The van der Waals surface area contributed by atoms with Gasteiger partial charge in [-0.2, -0.15) is 0 Å². The Morgan fingerprint density at radius 2 is 2.23 bits per heavy atom. The van der Waals surface area contributed by atoms with Crippen molar-refractivity contribution in [3.63, 3.8) is 0 Å². The number of hydrogen-bond acceptors (Lipinski definition) is 1. The summed E-state index contributed by atoms with van der Waals surface area (Å²) in [5, 5.41) is 0.650. The molecule has 0 aliphatic carbocycles. The molecule has 0 saturated carbocycles. The van der Waals surface area contributed by atoms with Gasteiger partial charge in [0.15, 0.2) is 0 Å². The van der Waals surface area contributed by atoms with Gasteiger partial charge in [-0.25, -0.2) is 0 Å². The molecule has 0 atom stereocenters. The predicted molar refractivity (Wildman–Crippen MR) is 57.2 cm³/mol. The second-order valence-corrected chi connectivity index (χ2v) is 3.01. The molecular weight excluding hydrogens is 184 g/mol. The van der Waals surface area contributed by atoms with E-state index in [-0.39, 0.29) is 0 Å². The summed E-state index contributed by atoms with van der Waals surface area (Å²) in [4.78, 5) is 0. The number of ether oxygens (including phenoxy) is 1. The van der Waals surface area contributed by atoms with Crippen molar-refractivity contribution in [2.45, 2.75) is 0 Å². The van der Waals surface area contributed by atoms with E-state index < -0.39 is 0 Å². The lowest BCUT2D eigenvalue weighted by Crippen LogP contribution is -1.89. The van der Waals surface area contributed by atoms with Crippen LogP contribution in [0.3, 0.4) is 0 Å². The first kappa shape index (κ1) is 9.87. The van der Waals surface area contributed by atoms with E-state index in [9.17, 15) is 0 Å². The van der Waals surface area contributed by atoms with Crippen molar-refractivity contribution >= 4 is 17.2 Å². The summed E-state index contributed by atoms with van der Waals surface area (Å²) in [7, 11) is 1.60. The summed E-state index contributed by atoms with van der Waals surface area (Å²) in [6, 6.07) is 5.42. The van der Waals surface area contributed by atoms with Crippen LogP contribution >= 0.6 is 11.6 Å². The highest BCUT2D eigenvalue weighted by atomic mass is 35.5. The smallest absolute Gasteiger partial charge is 0.128 e. The van der Waals surface area contributed by atoms with Crippen molar-refractivity contribution in [3.8, 4) is 5.75 Å². The van der Waals surface area contributed by atoms with E-state index >= 15 is 0 Å². The highest BCUT2D eigenvalue weighted by Gasteiger charge is 2.04. The Bertz CT molecular complexity index is 342. The third kappa shape index (κ3) is 2.13. The van der Waals surface area contributed by atoms with E-state index in [0.717, 1.165) is 16.9 Å². The lowest BCUT2D eigenvalue weighted by molar-refractivity contribution is 0.413. The van der Waals surface area contributed by atoms with Crippen molar-refractivity contribution in [3.05, 3.63) is 48.0 Å². The minimum atomic E-state index is 0.650. The molecule has 0 radical (unpaired) electrons. The zero-order valence-electron chi connectivity index (χ0n) is 7.51. The van der Waals surface area contributed by atoms with Crippen LogP contribution in [0.1, 0.15) is 5.56 Å². The summed E-state index contributed by atoms with van der Waals surface area (Å²) < 4.78 is 5.16. The van der Waals surface area contributed by atoms with Crippen LogP contribution in [-0.2, 0) is 0 Å². The molecule has 0 unspecified atom stereocenters. The Kier molecular flexibility index (Phi) is 3.15. The number of allylic oxidation sites excluding steroid dienone is 2. The average molecular weight is 195 g/mol. The molecule has 1 rings (SSSR count). The standard InChI is InChI=1S/C11H11ClO/c1-4-8(2)10-6-5-9(12)7-11(10)13-3/h4-7H,1-2H2,3H3. The molecule has 0 saturated heterocycles. The topological polar surface area (TPSA) is 9.23 Å². The molecule has 0 aliphatic rings. The van der Waals surface area contributed by atoms with Crippen LogP contribution in [0.5, 0.6) is 5.75 Å². The second-order valence-electron chi connectivity index (χ2n) is 2.57. The molecule has 2 heteroatoms. The highest BCUT2D eigenvalue weighted by Crippen LogP contribution is 2.28. The van der Waals surface area contributed by atoms with Crippen LogP contribution in [0.4, 0.5) is 0 Å². The molecule has 1 aromatic carbocycles. The first-order valence-corrected chi connectivity index (χ1v) is 4.22. The van der Waals surface area contributed by atoms with Crippen LogP contribution < -0.4 is 4.74 Å². The molecule has 68 valence electrons. The fraction of sp³-hybridized carbons (Fsp3) is 0.0909. The molecule has 13 heavy (non-hydrogen) atoms. The normalized spacial score (nSPS) is 9.38. The maximum Gasteiger partial charge on any atom is 0.128 e. The Morgan fingerprint density at radius 3 is 2.77 bits per heavy atom. The Hall–Kier alpha value is -1.21. The molecule has 0 fully saturated rings. The van der Waals surface area contributed by atoms with Gasteiger partial charge < -0.3 is 4.74 Å². The van der Waals surface area contributed by atoms with Crippen molar-refractivity contribution < 1.29 is 4.74 Å². The molecule has 1 aromatic rings. The monoisotopic (exact) mass is 194 g/mol. The van der Waals surface area contributed by atoms with Gasteiger partial charge in [0.25, 0.3) is 0 Å². The summed E-state index contributed by atoms with van der Waals surface area (Å²) in [6.07, 6.45) is 1.69. The zero-order chi connectivity index (χ0) is 9.84. The van der Waals surface area contributed by atoms with Crippen molar-refractivity contribution in [1.29, 1.82) is 0 Å². The van der Waals surface area contributed by atoms with Crippen molar-refractivity contribution in [2.75, 3.05) is 7.11 Å². The number of methoxy groups -OCH3 is 1. The number of rotatable bonds is 3. The average Bonchev–Trinajstić information content (AvgIpc) is 2.16. The van der Waals surface area contributed by atoms with Crippen LogP contribution in [0.2, 0.25) is 5.02 Å². The molecule has 0 amide bonds. The number of halogens is 1. The zero-order valence-corrected chi connectivity index (χ0v) is 8.27. The maximum absolute atomic E-state index is 5.81. The first-order chi connectivity index (χ1) is 6.19. The van der Waals surface area contributed by atoms with Crippen LogP contribution in [0.25, 0.3) is 5.57 Å². The minimum absolute atomic E-state index is 0.650. The minimum Gasteiger partial charge on any atom is -0.496 e. The molecule has 0 heterocycles. The van der Waals surface area contributed by atoms with E-state index in [1.165, 1.54) is 0 Å². The van der Waals surface area contributed by atoms with Gasteiger partial charge >= 0.3 is 0 Å². The number of benzene rings is 1. The van der Waals surface area contributed by atoms with Gasteiger partial charge in [0.2, 0.25) is 0 Å². The fourth-order valence-corrected chi connectivity index (χ4v) is 1.20. The van der Waals surface area contributed by atoms with E-state index in [0.29, 0.717) is 5.02 Å². The van der Waals surface area contributed by atoms with E-state index in [1.54, 1.807) is 25.3 Å². The van der Waals surface area contributed by atoms with Crippen LogP contribution in [0.15, 0.2) is 37.4 Å². The van der Waals surface area contributed by atoms with Crippen LogP contribution in [-0.4, -0.2) is 7.11 Å². The third-order valence-corrected chi connectivity index (χ3v) is 1.99. The van der Waals surface area contributed by atoms with Gasteiger partial charge in [0, 0.05) is 10.6 Å². The summed E-state index contributed by atoms with van der Waals surface area (Å²) >= 11 is 5.81. The predicted octanol–water partition coefficient (Wildman–Crippen LogP) is 3.55. The molecule has 0 bridgehead atoms. The first-order valence-electron chi connectivity index (χ1n) is 3.84. The second kappa shape index (κ2) is 4.15. The molecular formula is C11H11ClO. The molecule has 0 spiro atoms. The summed E-state index contributed by atoms with van der Waals surface area (Å²) in [6.45, 7) is 7.49. The third-order valence-electron chi connectivity index (χ3n) is 1.76. The lowest BCUT2D eigenvalue weighted by Gasteiger charge is -2.08. The molecule has 0 aliphatic heterocycles.